The summed E-state index contributed by atoms with van der Waals surface area (Å²) in [5.41, 5.74) is 0. The van der Waals surface area contributed by atoms with Crippen LogP contribution in [-0.2, 0) is 9.84 Å². The molecule has 0 saturated heterocycles. The van der Waals surface area contributed by atoms with Gasteiger partial charge in [0.15, 0.2) is 9.84 Å². The summed E-state index contributed by atoms with van der Waals surface area (Å²) in [6.07, 6.45) is 3.67. The summed E-state index contributed by atoms with van der Waals surface area (Å²) < 4.78 is 23.1. The van der Waals surface area contributed by atoms with Crippen molar-refractivity contribution in [2.45, 2.75) is 43.9 Å². The summed E-state index contributed by atoms with van der Waals surface area (Å²) in [4.78, 5) is 0. The highest BCUT2D eigenvalue weighted by atomic mass is 32.2. The van der Waals surface area contributed by atoms with E-state index >= 15 is 0 Å². The molecular weight excluding hydrogens is 186 g/mol. The molecule has 0 bridgehead atoms. The van der Waals surface area contributed by atoms with E-state index in [1.54, 1.807) is 6.92 Å². The largest absolute Gasteiger partial charge is 0.317 e. The Kier molecular flexibility index (Phi) is 3.74. The molecule has 1 fully saturated rings. The van der Waals surface area contributed by atoms with Gasteiger partial charge in [-0.2, -0.15) is 0 Å². The van der Waals surface area contributed by atoms with Crippen molar-refractivity contribution in [2.75, 3.05) is 12.8 Å². The van der Waals surface area contributed by atoms with Crippen molar-refractivity contribution in [1.29, 1.82) is 0 Å². The monoisotopic (exact) mass is 205 g/mol. The Hall–Kier alpha value is -0.0900. The lowest BCUT2D eigenvalue weighted by Crippen LogP contribution is -2.35. The van der Waals surface area contributed by atoms with Crippen molar-refractivity contribution < 1.29 is 8.42 Å². The maximum Gasteiger partial charge on any atom is 0.152 e. The van der Waals surface area contributed by atoms with Crippen LogP contribution in [0, 0.1) is 0 Å². The van der Waals surface area contributed by atoms with Gasteiger partial charge in [0, 0.05) is 11.8 Å². The molecule has 1 N–H and O–H groups in total. The fourth-order valence-electron chi connectivity index (χ4n) is 1.95. The molecule has 0 radical (unpaired) electrons. The van der Waals surface area contributed by atoms with Gasteiger partial charge in [-0.1, -0.05) is 6.92 Å². The van der Waals surface area contributed by atoms with E-state index in [-0.39, 0.29) is 5.25 Å². The predicted molar refractivity (Wildman–Crippen MR) is 54.6 cm³/mol. The molecule has 1 aliphatic carbocycles. The molecule has 0 amide bonds. The molecule has 3 nitrogen and oxygen atoms in total. The summed E-state index contributed by atoms with van der Waals surface area (Å²) >= 11 is 0. The minimum absolute atomic E-state index is 0.0675. The average Bonchev–Trinajstić information content (AvgIpc) is 2.18. The molecule has 1 aliphatic rings. The smallest absolute Gasteiger partial charge is 0.152 e. The van der Waals surface area contributed by atoms with Gasteiger partial charge < -0.3 is 5.32 Å². The third-order valence-electron chi connectivity index (χ3n) is 2.99. The van der Waals surface area contributed by atoms with Crippen LogP contribution < -0.4 is 5.32 Å². The molecule has 13 heavy (non-hydrogen) atoms. The summed E-state index contributed by atoms with van der Waals surface area (Å²) in [5.74, 6) is 0.294. The Bertz CT molecular complexity index is 240. The van der Waals surface area contributed by atoms with E-state index in [9.17, 15) is 8.42 Å². The highest BCUT2D eigenvalue weighted by molar-refractivity contribution is 7.92. The normalized spacial score (nSPS) is 30.3. The fraction of sp³-hybridized carbons (Fsp3) is 1.00. The van der Waals surface area contributed by atoms with Crippen LogP contribution in [-0.4, -0.2) is 32.5 Å². The van der Waals surface area contributed by atoms with Crippen molar-refractivity contribution in [3.8, 4) is 0 Å². The average molecular weight is 205 g/mol. The molecule has 78 valence electrons. The van der Waals surface area contributed by atoms with Crippen LogP contribution in [0.2, 0.25) is 0 Å². The van der Waals surface area contributed by atoms with E-state index in [1.165, 1.54) is 0 Å². The van der Waals surface area contributed by atoms with Crippen molar-refractivity contribution in [3.63, 3.8) is 0 Å². The van der Waals surface area contributed by atoms with E-state index in [2.05, 4.69) is 5.32 Å². The lowest BCUT2D eigenvalue weighted by Gasteiger charge is -2.27. The van der Waals surface area contributed by atoms with Crippen molar-refractivity contribution in [3.05, 3.63) is 0 Å². The van der Waals surface area contributed by atoms with E-state index in [0.717, 1.165) is 25.7 Å². The molecule has 1 saturated carbocycles. The lowest BCUT2D eigenvalue weighted by atomic mass is 9.95. The molecule has 0 aromatic heterocycles. The first kappa shape index (κ1) is 11.0. The van der Waals surface area contributed by atoms with Crippen molar-refractivity contribution >= 4 is 9.84 Å². The number of nitrogens with one attached hydrogen (secondary N) is 1. The lowest BCUT2D eigenvalue weighted by molar-refractivity contribution is 0.391. The van der Waals surface area contributed by atoms with Gasteiger partial charge in [0.1, 0.15) is 0 Å². The van der Waals surface area contributed by atoms with Crippen LogP contribution in [0.1, 0.15) is 32.6 Å². The Morgan fingerprint density at radius 3 is 2.15 bits per heavy atom. The first-order valence-corrected chi connectivity index (χ1v) is 6.70. The van der Waals surface area contributed by atoms with E-state index in [4.69, 9.17) is 0 Å². The van der Waals surface area contributed by atoms with Crippen LogP contribution in [0.5, 0.6) is 0 Å². The summed E-state index contributed by atoms with van der Waals surface area (Å²) in [7, 11) is -0.837. The second kappa shape index (κ2) is 4.42. The van der Waals surface area contributed by atoms with Crippen molar-refractivity contribution in [2.24, 2.45) is 0 Å². The summed E-state index contributed by atoms with van der Waals surface area (Å²) in [6.45, 7) is 1.74. The van der Waals surface area contributed by atoms with Gasteiger partial charge in [-0.25, -0.2) is 8.42 Å². The van der Waals surface area contributed by atoms with Crippen LogP contribution >= 0.6 is 0 Å². The minimum atomic E-state index is -2.78. The van der Waals surface area contributed by atoms with Crippen molar-refractivity contribution in [1.82, 2.24) is 5.32 Å². The maximum atomic E-state index is 11.5. The molecule has 0 spiro atoms. The van der Waals surface area contributed by atoms with Crippen LogP contribution in [0.3, 0.4) is 0 Å². The molecule has 0 aliphatic heterocycles. The first-order valence-electron chi connectivity index (χ1n) is 4.99. The summed E-state index contributed by atoms with van der Waals surface area (Å²) in [5, 5.41) is 3.13. The molecule has 4 heteroatoms. The van der Waals surface area contributed by atoms with E-state index in [0.29, 0.717) is 11.8 Å². The summed E-state index contributed by atoms with van der Waals surface area (Å²) in [6, 6.07) is 0.531. The molecule has 0 aromatic rings. The van der Waals surface area contributed by atoms with Gasteiger partial charge in [0.05, 0.1) is 5.25 Å². The molecule has 1 rings (SSSR count). The highest BCUT2D eigenvalue weighted by Crippen LogP contribution is 2.24. The molecule has 0 unspecified atom stereocenters. The minimum Gasteiger partial charge on any atom is -0.317 e. The second-order valence-corrected chi connectivity index (χ2v) is 6.28. The zero-order valence-corrected chi connectivity index (χ0v) is 9.23. The van der Waals surface area contributed by atoms with E-state index in [1.807, 2.05) is 7.05 Å². The first-order chi connectivity index (χ1) is 6.10. The SMILES string of the molecule is CCS(=O)(=O)C1CCC(NC)CC1. The Balaban J connectivity index is 2.50. The Labute approximate surface area is 80.8 Å². The van der Waals surface area contributed by atoms with Gasteiger partial charge in [-0.15, -0.1) is 0 Å². The van der Waals surface area contributed by atoms with Gasteiger partial charge in [-0.3, -0.25) is 0 Å². The zero-order valence-electron chi connectivity index (χ0n) is 8.41. The quantitative estimate of drug-likeness (QED) is 0.746. The Morgan fingerprint density at radius 1 is 1.23 bits per heavy atom. The predicted octanol–water partition coefficient (Wildman–Crippen LogP) is 0.952. The van der Waals surface area contributed by atoms with Gasteiger partial charge >= 0.3 is 0 Å². The number of rotatable bonds is 3. The Morgan fingerprint density at radius 2 is 1.77 bits per heavy atom. The number of sulfone groups is 1. The van der Waals surface area contributed by atoms with Crippen LogP contribution in [0.15, 0.2) is 0 Å². The number of hydrogen-bond donors (Lipinski definition) is 1. The van der Waals surface area contributed by atoms with Gasteiger partial charge in [0.2, 0.25) is 0 Å². The highest BCUT2D eigenvalue weighted by Gasteiger charge is 2.28. The van der Waals surface area contributed by atoms with Crippen LogP contribution in [0.25, 0.3) is 0 Å². The molecule has 0 heterocycles. The van der Waals surface area contributed by atoms with Gasteiger partial charge in [0.25, 0.3) is 0 Å². The topological polar surface area (TPSA) is 46.2 Å². The maximum absolute atomic E-state index is 11.5. The number of hydrogen-bond acceptors (Lipinski definition) is 3. The van der Waals surface area contributed by atoms with E-state index < -0.39 is 9.84 Å². The van der Waals surface area contributed by atoms with Gasteiger partial charge in [-0.05, 0) is 32.7 Å². The zero-order chi connectivity index (χ0) is 9.90. The molecule has 0 atom stereocenters. The fourth-order valence-corrected chi connectivity index (χ4v) is 3.41. The third-order valence-corrected chi connectivity index (χ3v) is 5.28. The second-order valence-electron chi connectivity index (χ2n) is 3.71. The van der Waals surface area contributed by atoms with Crippen LogP contribution in [0.4, 0.5) is 0 Å². The third kappa shape index (κ3) is 2.68. The molecular formula is C9H19NO2S. The molecule has 0 aromatic carbocycles. The standard InChI is InChI=1S/C9H19NO2S/c1-3-13(11,12)9-6-4-8(10-2)5-7-9/h8-10H,3-7H2,1-2H3.